The maximum atomic E-state index is 11.7. The van der Waals surface area contributed by atoms with E-state index in [9.17, 15) is 4.79 Å². The zero-order valence-electron chi connectivity index (χ0n) is 9.76. The molecule has 1 heterocycles. The van der Waals surface area contributed by atoms with Crippen LogP contribution in [0.15, 0.2) is 6.07 Å². The van der Waals surface area contributed by atoms with Crippen molar-refractivity contribution in [3.63, 3.8) is 0 Å². The van der Waals surface area contributed by atoms with Gasteiger partial charge in [-0.3, -0.25) is 4.79 Å². The van der Waals surface area contributed by atoms with Crippen LogP contribution in [0, 0.1) is 13.8 Å². The minimum Gasteiger partial charge on any atom is -0.476 e. The fourth-order valence-electron chi connectivity index (χ4n) is 1.91. The monoisotopic (exact) mass is 220 g/mol. The minimum atomic E-state index is -0.434. The Morgan fingerprint density at radius 3 is 2.75 bits per heavy atom. The van der Waals surface area contributed by atoms with Crippen molar-refractivity contribution in [3.8, 4) is 5.75 Å². The Labute approximate surface area is 94.8 Å². The zero-order valence-corrected chi connectivity index (χ0v) is 9.76. The molecule has 0 saturated carbocycles. The highest BCUT2D eigenvalue weighted by molar-refractivity contribution is 6.00. The first kappa shape index (κ1) is 10.8. The smallest absolute Gasteiger partial charge is 0.265 e. The molecule has 0 fully saturated rings. The van der Waals surface area contributed by atoms with Gasteiger partial charge in [0.25, 0.3) is 5.91 Å². The molecule has 4 heteroatoms. The Hall–Kier alpha value is -1.71. The van der Waals surface area contributed by atoms with Crippen molar-refractivity contribution in [1.29, 1.82) is 0 Å². The van der Waals surface area contributed by atoms with Gasteiger partial charge in [-0.15, -0.1) is 0 Å². The molecule has 1 aliphatic rings. The number of anilines is 2. The van der Waals surface area contributed by atoms with E-state index in [1.54, 1.807) is 0 Å². The van der Waals surface area contributed by atoms with Gasteiger partial charge >= 0.3 is 0 Å². The Balaban J connectivity index is 2.55. The summed E-state index contributed by atoms with van der Waals surface area (Å²) in [7, 11) is 0. The van der Waals surface area contributed by atoms with Gasteiger partial charge in [-0.1, -0.05) is 13.0 Å². The summed E-state index contributed by atoms with van der Waals surface area (Å²) in [5.74, 6) is 0.519. The molecule has 0 aromatic heterocycles. The van der Waals surface area contributed by atoms with Crippen molar-refractivity contribution in [3.05, 3.63) is 17.2 Å². The number of benzene rings is 1. The largest absolute Gasteiger partial charge is 0.476 e. The highest BCUT2D eigenvalue weighted by Gasteiger charge is 2.29. The van der Waals surface area contributed by atoms with Crippen LogP contribution in [0.3, 0.4) is 0 Å². The number of ether oxygens (including phenoxy) is 1. The van der Waals surface area contributed by atoms with E-state index < -0.39 is 6.10 Å². The van der Waals surface area contributed by atoms with Gasteiger partial charge in [0, 0.05) is 0 Å². The molecule has 0 bridgehead atoms. The summed E-state index contributed by atoms with van der Waals surface area (Å²) < 4.78 is 5.65. The standard InChI is InChI=1S/C12H16N2O2/c1-4-8-12(15)14-10-7(3)5-6(2)9(13)11(10)16-8/h5,8H,4,13H2,1-3H3,(H,14,15). The Bertz CT molecular complexity index is 455. The van der Waals surface area contributed by atoms with Crippen molar-refractivity contribution >= 4 is 17.3 Å². The molecule has 1 aromatic carbocycles. The van der Waals surface area contributed by atoms with E-state index in [1.165, 1.54) is 0 Å². The van der Waals surface area contributed by atoms with Crippen molar-refractivity contribution in [2.45, 2.75) is 33.3 Å². The van der Waals surface area contributed by atoms with Gasteiger partial charge in [-0.2, -0.15) is 0 Å². The van der Waals surface area contributed by atoms with Crippen molar-refractivity contribution in [2.75, 3.05) is 11.1 Å². The summed E-state index contributed by atoms with van der Waals surface area (Å²) in [6.45, 7) is 5.78. The molecule has 1 amide bonds. The van der Waals surface area contributed by atoms with Crippen LogP contribution >= 0.6 is 0 Å². The van der Waals surface area contributed by atoms with Crippen LogP contribution in [0.1, 0.15) is 24.5 Å². The molecule has 4 nitrogen and oxygen atoms in total. The molecule has 0 spiro atoms. The molecule has 0 aliphatic carbocycles. The van der Waals surface area contributed by atoms with Gasteiger partial charge in [0.15, 0.2) is 11.9 Å². The average Bonchev–Trinajstić information content (AvgIpc) is 2.25. The lowest BCUT2D eigenvalue weighted by molar-refractivity contribution is -0.123. The molecular weight excluding hydrogens is 204 g/mol. The third kappa shape index (κ3) is 1.50. The summed E-state index contributed by atoms with van der Waals surface area (Å²) in [5.41, 5.74) is 9.23. The quantitative estimate of drug-likeness (QED) is 0.711. The maximum Gasteiger partial charge on any atom is 0.265 e. The van der Waals surface area contributed by atoms with Crippen LogP contribution in [-0.2, 0) is 4.79 Å². The molecule has 1 unspecified atom stereocenters. The van der Waals surface area contributed by atoms with Crippen molar-refractivity contribution < 1.29 is 9.53 Å². The number of nitrogen functional groups attached to an aromatic ring is 1. The van der Waals surface area contributed by atoms with E-state index in [1.807, 2.05) is 26.8 Å². The van der Waals surface area contributed by atoms with Crippen molar-refractivity contribution in [2.24, 2.45) is 0 Å². The number of aryl methyl sites for hydroxylation is 2. The summed E-state index contributed by atoms with van der Waals surface area (Å²) in [6.07, 6.45) is 0.202. The fraction of sp³-hybridized carbons (Fsp3) is 0.417. The van der Waals surface area contributed by atoms with Crippen LogP contribution in [-0.4, -0.2) is 12.0 Å². The van der Waals surface area contributed by atoms with Gasteiger partial charge in [0.1, 0.15) is 0 Å². The maximum absolute atomic E-state index is 11.7. The van der Waals surface area contributed by atoms with Crippen LogP contribution in [0.2, 0.25) is 0 Å². The number of carbonyl (C=O) groups is 1. The van der Waals surface area contributed by atoms with E-state index in [0.29, 0.717) is 23.5 Å². The second-order valence-electron chi connectivity index (χ2n) is 4.13. The van der Waals surface area contributed by atoms with Crippen molar-refractivity contribution in [1.82, 2.24) is 0 Å². The molecule has 16 heavy (non-hydrogen) atoms. The summed E-state index contributed by atoms with van der Waals surface area (Å²) in [6, 6.07) is 1.95. The van der Waals surface area contributed by atoms with Gasteiger partial charge < -0.3 is 15.8 Å². The molecule has 0 saturated heterocycles. The van der Waals surface area contributed by atoms with Crippen LogP contribution in [0.4, 0.5) is 11.4 Å². The minimum absolute atomic E-state index is 0.0960. The number of amides is 1. The highest BCUT2D eigenvalue weighted by Crippen LogP contribution is 2.40. The molecule has 86 valence electrons. The summed E-state index contributed by atoms with van der Waals surface area (Å²) >= 11 is 0. The predicted molar refractivity (Wildman–Crippen MR) is 63.7 cm³/mol. The molecule has 1 aromatic rings. The first-order valence-corrected chi connectivity index (χ1v) is 5.41. The van der Waals surface area contributed by atoms with Gasteiger partial charge in [0.2, 0.25) is 0 Å². The van der Waals surface area contributed by atoms with E-state index in [-0.39, 0.29) is 5.91 Å². The number of nitrogens with two attached hydrogens (primary N) is 1. The van der Waals surface area contributed by atoms with Crippen LogP contribution < -0.4 is 15.8 Å². The van der Waals surface area contributed by atoms with Crippen LogP contribution in [0.5, 0.6) is 5.75 Å². The molecule has 1 aliphatic heterocycles. The second kappa shape index (κ2) is 3.70. The van der Waals surface area contributed by atoms with E-state index in [0.717, 1.165) is 11.1 Å². The fourth-order valence-corrected chi connectivity index (χ4v) is 1.91. The van der Waals surface area contributed by atoms with Gasteiger partial charge in [-0.25, -0.2) is 0 Å². The molecular formula is C12H16N2O2. The Kier molecular flexibility index (Phi) is 2.50. The average molecular weight is 220 g/mol. The molecule has 3 N–H and O–H groups in total. The first-order valence-electron chi connectivity index (χ1n) is 5.41. The Morgan fingerprint density at radius 1 is 1.44 bits per heavy atom. The predicted octanol–water partition coefficient (Wildman–Crippen LogP) is 2.00. The highest BCUT2D eigenvalue weighted by atomic mass is 16.5. The van der Waals surface area contributed by atoms with E-state index in [2.05, 4.69) is 5.32 Å². The van der Waals surface area contributed by atoms with E-state index in [4.69, 9.17) is 10.5 Å². The number of carbonyl (C=O) groups excluding carboxylic acids is 1. The SMILES string of the molecule is CCC1Oc2c(N)c(C)cc(C)c2NC1=O. The third-order valence-corrected chi connectivity index (χ3v) is 2.90. The lowest BCUT2D eigenvalue weighted by Crippen LogP contribution is -2.37. The van der Waals surface area contributed by atoms with Crippen LogP contribution in [0.25, 0.3) is 0 Å². The Morgan fingerprint density at radius 2 is 2.12 bits per heavy atom. The van der Waals surface area contributed by atoms with E-state index >= 15 is 0 Å². The molecule has 2 rings (SSSR count). The number of fused-ring (bicyclic) bond motifs is 1. The zero-order chi connectivity index (χ0) is 11.9. The van der Waals surface area contributed by atoms with Gasteiger partial charge in [0.05, 0.1) is 11.4 Å². The summed E-state index contributed by atoms with van der Waals surface area (Å²) in [5, 5.41) is 2.85. The first-order chi connectivity index (χ1) is 7.54. The number of nitrogens with one attached hydrogen (secondary N) is 1. The molecule has 1 atom stereocenters. The summed E-state index contributed by atoms with van der Waals surface area (Å²) in [4.78, 5) is 11.7. The number of rotatable bonds is 1. The lowest BCUT2D eigenvalue weighted by atomic mass is 10.0. The molecule has 0 radical (unpaired) electrons. The normalized spacial score (nSPS) is 18.7. The second-order valence-corrected chi connectivity index (χ2v) is 4.13. The lowest BCUT2D eigenvalue weighted by Gasteiger charge is -2.28. The third-order valence-electron chi connectivity index (χ3n) is 2.90. The van der Waals surface area contributed by atoms with Gasteiger partial charge in [-0.05, 0) is 31.4 Å². The number of hydrogen-bond acceptors (Lipinski definition) is 3. The number of hydrogen-bond donors (Lipinski definition) is 2. The topological polar surface area (TPSA) is 64.3 Å².